The van der Waals surface area contributed by atoms with Crippen molar-refractivity contribution in [2.75, 3.05) is 10.6 Å². The van der Waals surface area contributed by atoms with Crippen molar-refractivity contribution in [2.45, 2.75) is 46.9 Å². The maximum atomic E-state index is 12.2. The lowest BCUT2D eigenvalue weighted by molar-refractivity contribution is -0.116. The summed E-state index contributed by atoms with van der Waals surface area (Å²) in [5, 5.41) is 20.2. The highest BCUT2D eigenvalue weighted by molar-refractivity contribution is 8.04. The van der Waals surface area contributed by atoms with Crippen molar-refractivity contribution < 1.29 is 18.6 Å². The van der Waals surface area contributed by atoms with Crippen LogP contribution in [0, 0.1) is 13.8 Å². The van der Waals surface area contributed by atoms with Crippen molar-refractivity contribution in [1.29, 1.82) is 0 Å². The fraction of sp³-hybridized carbons (Fsp3) is 0.375. The van der Waals surface area contributed by atoms with Crippen molar-refractivity contribution >= 4 is 58.3 Å². The van der Waals surface area contributed by atoms with Gasteiger partial charge in [0.1, 0.15) is 11.5 Å². The van der Waals surface area contributed by atoms with Crippen molar-refractivity contribution in [3.05, 3.63) is 23.7 Å². The average molecular weight is 455 g/mol. The van der Waals surface area contributed by atoms with Crippen LogP contribution in [-0.2, 0) is 9.59 Å². The highest BCUT2D eigenvalue weighted by atomic mass is 32.2. The monoisotopic (exact) mass is 454 g/mol. The summed E-state index contributed by atoms with van der Waals surface area (Å²) < 4.78 is 11.1. The van der Waals surface area contributed by atoms with Crippen LogP contribution >= 0.6 is 34.9 Å². The molecule has 2 N–H and O–H groups in total. The van der Waals surface area contributed by atoms with Gasteiger partial charge in [-0.1, -0.05) is 45.2 Å². The second-order valence-corrected chi connectivity index (χ2v) is 10.1. The average Bonchev–Trinajstić information content (AvgIpc) is 3.38. The number of carbonyl (C=O) groups excluding carboxylic acids is 2. The molecule has 3 heterocycles. The molecule has 3 aromatic heterocycles. The molecule has 0 bridgehead atoms. The van der Waals surface area contributed by atoms with Crippen LogP contribution in [0.1, 0.15) is 25.4 Å². The molecular weight excluding hydrogens is 436 g/mol. The first-order valence-electron chi connectivity index (χ1n) is 8.45. The molecule has 0 spiro atoms. The summed E-state index contributed by atoms with van der Waals surface area (Å²) in [6.07, 6.45) is 0. The van der Waals surface area contributed by atoms with E-state index in [1.54, 1.807) is 39.8 Å². The lowest BCUT2D eigenvalue weighted by atomic mass is 10.4. The van der Waals surface area contributed by atoms with E-state index in [1.165, 1.54) is 34.9 Å². The summed E-state index contributed by atoms with van der Waals surface area (Å²) in [4.78, 5) is 24.5. The third-order valence-corrected chi connectivity index (χ3v) is 6.73. The Morgan fingerprint density at radius 1 is 0.897 bits per heavy atom. The quantitative estimate of drug-likeness (QED) is 0.487. The third kappa shape index (κ3) is 6.05. The number of rotatable bonds is 8. The van der Waals surface area contributed by atoms with E-state index in [2.05, 4.69) is 31.1 Å². The van der Waals surface area contributed by atoms with Gasteiger partial charge in [0.2, 0.25) is 11.8 Å². The van der Waals surface area contributed by atoms with Crippen LogP contribution in [0.4, 0.5) is 11.6 Å². The molecule has 2 amide bonds. The molecule has 0 saturated carbocycles. The van der Waals surface area contributed by atoms with Crippen molar-refractivity contribution in [1.82, 2.24) is 20.5 Å². The Kier molecular flexibility index (Phi) is 6.92. The molecule has 0 aliphatic rings. The molecule has 2 atom stereocenters. The predicted octanol–water partition coefficient (Wildman–Crippen LogP) is 3.37. The Hall–Kier alpha value is -2.38. The molecular formula is C16H18N6O4S3. The number of carbonyl (C=O) groups is 2. The minimum atomic E-state index is -0.408. The topological polar surface area (TPSA) is 136 Å². The van der Waals surface area contributed by atoms with Crippen LogP contribution in [0.15, 0.2) is 29.9 Å². The number of aromatic nitrogens is 4. The normalized spacial score (nSPS) is 13.1. The maximum absolute atomic E-state index is 12.2. The molecule has 0 radical (unpaired) electrons. The van der Waals surface area contributed by atoms with Gasteiger partial charge < -0.3 is 19.7 Å². The van der Waals surface area contributed by atoms with Crippen LogP contribution in [0.2, 0.25) is 0 Å². The molecule has 154 valence electrons. The van der Waals surface area contributed by atoms with E-state index in [1.807, 2.05) is 0 Å². The first-order valence-corrected chi connectivity index (χ1v) is 11.0. The second-order valence-electron chi connectivity index (χ2n) is 5.98. The Labute approximate surface area is 178 Å². The zero-order chi connectivity index (χ0) is 21.0. The highest BCUT2D eigenvalue weighted by Gasteiger charge is 2.21. The highest BCUT2D eigenvalue weighted by Crippen LogP contribution is 2.33. The van der Waals surface area contributed by atoms with Crippen LogP contribution in [-0.4, -0.2) is 42.8 Å². The standard InChI is InChI=1S/C16H18N6O4S3/c1-7-5-11(21-25-7)17-13(23)9(3)27-15-19-20-16(29-15)28-10(4)14(24)18-12-6-8(2)26-22-12/h5-6,9-10H,1-4H3,(H,17,21,23)(H,18,22,24). The molecule has 0 fully saturated rings. The number of nitrogens with one attached hydrogen (secondary N) is 2. The summed E-state index contributed by atoms with van der Waals surface area (Å²) in [5.41, 5.74) is 0. The van der Waals surface area contributed by atoms with E-state index in [-0.39, 0.29) is 11.8 Å². The molecule has 3 aromatic rings. The van der Waals surface area contributed by atoms with Crippen LogP contribution in [0.3, 0.4) is 0 Å². The fourth-order valence-corrected chi connectivity index (χ4v) is 5.32. The number of hydrogen-bond acceptors (Lipinski definition) is 11. The number of nitrogens with zero attached hydrogens (tertiary/aromatic N) is 4. The first kappa shape index (κ1) is 21.3. The van der Waals surface area contributed by atoms with Gasteiger partial charge in [0, 0.05) is 12.1 Å². The fourth-order valence-electron chi connectivity index (χ4n) is 2.01. The molecule has 0 aliphatic carbocycles. The van der Waals surface area contributed by atoms with Crippen molar-refractivity contribution in [3.63, 3.8) is 0 Å². The molecule has 10 nitrogen and oxygen atoms in total. The lowest BCUT2D eigenvalue weighted by Crippen LogP contribution is -2.22. The summed E-state index contributed by atoms with van der Waals surface area (Å²) >= 11 is 3.88. The van der Waals surface area contributed by atoms with Gasteiger partial charge in [-0.3, -0.25) is 9.59 Å². The van der Waals surface area contributed by atoms with Crippen LogP contribution < -0.4 is 10.6 Å². The molecule has 3 rings (SSSR count). The number of anilines is 2. The van der Waals surface area contributed by atoms with Gasteiger partial charge in [0.25, 0.3) is 0 Å². The maximum Gasteiger partial charge on any atom is 0.238 e. The molecule has 29 heavy (non-hydrogen) atoms. The van der Waals surface area contributed by atoms with E-state index in [9.17, 15) is 9.59 Å². The van der Waals surface area contributed by atoms with Crippen LogP contribution in [0.5, 0.6) is 0 Å². The molecule has 0 saturated heterocycles. The lowest BCUT2D eigenvalue weighted by Gasteiger charge is -2.08. The van der Waals surface area contributed by atoms with E-state index in [4.69, 9.17) is 9.05 Å². The van der Waals surface area contributed by atoms with E-state index in [0.717, 1.165) is 0 Å². The second kappa shape index (κ2) is 9.41. The smallest absolute Gasteiger partial charge is 0.238 e. The minimum absolute atomic E-state index is 0.219. The van der Waals surface area contributed by atoms with E-state index >= 15 is 0 Å². The van der Waals surface area contributed by atoms with Gasteiger partial charge >= 0.3 is 0 Å². The Balaban J connectivity index is 1.50. The van der Waals surface area contributed by atoms with Crippen LogP contribution in [0.25, 0.3) is 0 Å². The Bertz CT molecular complexity index is 924. The summed E-state index contributed by atoms with van der Waals surface area (Å²) in [6.45, 7) is 7.01. The predicted molar refractivity (Wildman–Crippen MR) is 110 cm³/mol. The van der Waals surface area contributed by atoms with Crippen molar-refractivity contribution in [3.8, 4) is 0 Å². The number of thioether (sulfide) groups is 2. The molecule has 0 aromatic carbocycles. The van der Waals surface area contributed by atoms with E-state index in [0.29, 0.717) is 31.8 Å². The van der Waals surface area contributed by atoms with Gasteiger partial charge in [-0.05, 0) is 27.7 Å². The van der Waals surface area contributed by atoms with Gasteiger partial charge in [0.05, 0.1) is 10.5 Å². The minimum Gasteiger partial charge on any atom is -0.360 e. The number of amides is 2. The third-order valence-electron chi connectivity index (χ3n) is 3.44. The SMILES string of the molecule is Cc1cc(NC(=O)C(C)Sc2nnc(SC(C)C(=O)Nc3cc(C)on3)s2)no1. The molecule has 2 unspecified atom stereocenters. The number of aryl methyl sites for hydroxylation is 2. The van der Waals surface area contributed by atoms with Gasteiger partial charge in [-0.25, -0.2) is 0 Å². The van der Waals surface area contributed by atoms with Gasteiger partial charge in [0.15, 0.2) is 20.3 Å². The largest absolute Gasteiger partial charge is 0.360 e. The molecule has 13 heteroatoms. The Morgan fingerprint density at radius 2 is 1.31 bits per heavy atom. The van der Waals surface area contributed by atoms with Crippen molar-refractivity contribution in [2.24, 2.45) is 0 Å². The Morgan fingerprint density at radius 3 is 1.66 bits per heavy atom. The zero-order valence-electron chi connectivity index (χ0n) is 16.0. The summed E-state index contributed by atoms with van der Waals surface area (Å²) in [6, 6.07) is 3.28. The first-order chi connectivity index (χ1) is 13.8. The van der Waals surface area contributed by atoms with Gasteiger partial charge in [-0.15, -0.1) is 10.2 Å². The molecule has 0 aliphatic heterocycles. The van der Waals surface area contributed by atoms with Gasteiger partial charge in [-0.2, -0.15) is 0 Å². The zero-order valence-corrected chi connectivity index (χ0v) is 18.4. The summed E-state index contributed by atoms with van der Waals surface area (Å²) in [7, 11) is 0. The van der Waals surface area contributed by atoms with E-state index < -0.39 is 10.5 Å². The summed E-state index contributed by atoms with van der Waals surface area (Å²) in [5.74, 6) is 1.53. The number of hydrogen-bond donors (Lipinski definition) is 2.